The molecule has 146 valence electrons. The minimum Gasteiger partial charge on any atom is -0.443 e. The Morgan fingerprint density at radius 2 is 2.11 bits per heavy atom. The van der Waals surface area contributed by atoms with Gasteiger partial charge in [-0.25, -0.2) is 9.97 Å². The van der Waals surface area contributed by atoms with Crippen molar-refractivity contribution in [3.8, 4) is 11.3 Å². The Labute approximate surface area is 166 Å². The molecule has 0 aliphatic carbocycles. The molecule has 0 unspecified atom stereocenters. The molecule has 1 saturated heterocycles. The predicted molar refractivity (Wildman–Crippen MR) is 104 cm³/mol. The molecule has 1 aliphatic heterocycles. The van der Waals surface area contributed by atoms with E-state index in [9.17, 15) is 4.79 Å². The van der Waals surface area contributed by atoms with Gasteiger partial charge in [0.25, 0.3) is 5.91 Å². The highest BCUT2D eigenvalue weighted by atomic mass is 32.1. The highest BCUT2D eigenvalue weighted by Crippen LogP contribution is 2.27. The summed E-state index contributed by atoms with van der Waals surface area (Å²) >= 11 is 1.50. The zero-order valence-electron chi connectivity index (χ0n) is 15.7. The maximum Gasteiger partial charge on any atom is 0.276 e. The van der Waals surface area contributed by atoms with Crippen molar-refractivity contribution in [3.05, 3.63) is 59.0 Å². The first-order valence-corrected chi connectivity index (χ1v) is 9.88. The van der Waals surface area contributed by atoms with Crippen LogP contribution in [0.25, 0.3) is 11.3 Å². The van der Waals surface area contributed by atoms with Gasteiger partial charge in [0, 0.05) is 17.1 Å². The second-order valence-electron chi connectivity index (χ2n) is 6.96. The van der Waals surface area contributed by atoms with Crippen LogP contribution in [-0.2, 0) is 16.0 Å². The van der Waals surface area contributed by atoms with E-state index < -0.39 is 5.79 Å². The Balaban J connectivity index is 1.59. The molecule has 0 spiro atoms. The lowest BCUT2D eigenvalue weighted by Gasteiger charge is -2.24. The number of amides is 1. The van der Waals surface area contributed by atoms with Crippen molar-refractivity contribution < 1.29 is 18.7 Å². The van der Waals surface area contributed by atoms with Crippen LogP contribution in [0, 0.1) is 0 Å². The van der Waals surface area contributed by atoms with Crippen LogP contribution in [-0.4, -0.2) is 45.8 Å². The molecule has 8 heteroatoms. The summed E-state index contributed by atoms with van der Waals surface area (Å²) in [4.78, 5) is 23.6. The number of aromatic nitrogens is 2. The summed E-state index contributed by atoms with van der Waals surface area (Å²) in [6.45, 7) is 4.91. The van der Waals surface area contributed by atoms with Crippen molar-refractivity contribution in [3.63, 3.8) is 0 Å². The highest BCUT2D eigenvalue weighted by Gasteiger charge is 2.35. The maximum absolute atomic E-state index is 13.4. The van der Waals surface area contributed by atoms with Crippen molar-refractivity contribution in [1.82, 2.24) is 14.9 Å². The first kappa shape index (κ1) is 18.8. The number of ether oxygens (including phenoxy) is 2. The molecule has 0 radical (unpaired) electrons. The molecule has 0 saturated carbocycles. The molecule has 1 aromatic carbocycles. The summed E-state index contributed by atoms with van der Waals surface area (Å²) in [7, 11) is 0. The van der Waals surface area contributed by atoms with Crippen LogP contribution in [0.1, 0.15) is 29.3 Å². The average Bonchev–Trinajstić information content (AvgIpc) is 3.42. The lowest BCUT2D eigenvalue weighted by atomic mass is 10.1. The fourth-order valence-corrected chi connectivity index (χ4v) is 3.79. The number of hydrogen-bond donors (Lipinski definition) is 0. The number of carbonyl (C=O) groups excluding carboxylic acids is 1. The predicted octanol–water partition coefficient (Wildman–Crippen LogP) is 3.59. The van der Waals surface area contributed by atoms with Crippen molar-refractivity contribution >= 4 is 17.2 Å². The Kier molecular flexibility index (Phi) is 5.25. The van der Waals surface area contributed by atoms with Crippen LogP contribution in [0.15, 0.2) is 52.7 Å². The van der Waals surface area contributed by atoms with Crippen LogP contribution in [0.4, 0.5) is 0 Å². The first-order valence-electron chi connectivity index (χ1n) is 9.00. The van der Waals surface area contributed by atoms with Gasteiger partial charge in [0.1, 0.15) is 11.1 Å². The van der Waals surface area contributed by atoms with Crippen molar-refractivity contribution in [2.45, 2.75) is 32.3 Å². The molecule has 2 aromatic heterocycles. The Morgan fingerprint density at radius 3 is 2.79 bits per heavy atom. The van der Waals surface area contributed by atoms with E-state index >= 15 is 0 Å². The fourth-order valence-electron chi connectivity index (χ4n) is 3.16. The molecule has 4 rings (SSSR count). The van der Waals surface area contributed by atoms with E-state index in [2.05, 4.69) is 9.97 Å². The maximum atomic E-state index is 13.4. The minimum absolute atomic E-state index is 0.217. The van der Waals surface area contributed by atoms with Crippen LogP contribution in [0.5, 0.6) is 0 Å². The zero-order valence-corrected chi connectivity index (χ0v) is 16.5. The number of benzene rings is 1. The average molecular weight is 399 g/mol. The van der Waals surface area contributed by atoms with Crippen molar-refractivity contribution in [2.75, 3.05) is 13.2 Å². The Hall–Kier alpha value is -2.55. The van der Waals surface area contributed by atoms with Crippen LogP contribution in [0.3, 0.4) is 0 Å². The number of carbonyl (C=O) groups is 1. The van der Waals surface area contributed by atoms with Gasteiger partial charge in [-0.2, -0.15) is 0 Å². The topological polar surface area (TPSA) is 77.7 Å². The second kappa shape index (κ2) is 7.83. The van der Waals surface area contributed by atoms with Gasteiger partial charge < -0.3 is 18.8 Å². The number of hydrogen-bond acceptors (Lipinski definition) is 7. The van der Waals surface area contributed by atoms with E-state index in [0.717, 1.165) is 10.6 Å². The second-order valence-corrected chi connectivity index (χ2v) is 7.94. The van der Waals surface area contributed by atoms with Crippen molar-refractivity contribution in [2.24, 2.45) is 0 Å². The van der Waals surface area contributed by atoms with Crippen LogP contribution < -0.4 is 0 Å². The third-order valence-corrected chi connectivity index (χ3v) is 5.16. The van der Waals surface area contributed by atoms with Gasteiger partial charge in [0.05, 0.1) is 19.7 Å². The Bertz CT molecular complexity index is 924. The van der Waals surface area contributed by atoms with E-state index in [1.165, 1.54) is 17.7 Å². The monoisotopic (exact) mass is 399 g/mol. The largest absolute Gasteiger partial charge is 0.443 e. The van der Waals surface area contributed by atoms with Crippen molar-refractivity contribution in [1.29, 1.82) is 0 Å². The molecule has 3 heterocycles. The zero-order chi connectivity index (χ0) is 19.6. The number of thiazole rings is 1. The number of rotatable bonds is 6. The van der Waals surface area contributed by atoms with E-state index in [0.29, 0.717) is 25.5 Å². The molecule has 0 N–H and O–H groups in total. The summed E-state index contributed by atoms with van der Waals surface area (Å²) in [5, 5.41) is 2.73. The molecule has 3 aromatic rings. The molecular formula is C20H21N3O4S. The molecule has 1 aliphatic rings. The quantitative estimate of drug-likeness (QED) is 0.630. The molecule has 7 nitrogen and oxygen atoms in total. The highest BCUT2D eigenvalue weighted by molar-refractivity contribution is 7.09. The summed E-state index contributed by atoms with van der Waals surface area (Å²) < 4.78 is 17.1. The third-order valence-electron chi connectivity index (χ3n) is 4.39. The number of nitrogens with zero attached hydrogens (tertiary/aromatic N) is 3. The van der Waals surface area contributed by atoms with Gasteiger partial charge in [-0.15, -0.1) is 11.3 Å². The summed E-state index contributed by atoms with van der Waals surface area (Å²) in [5.41, 5.74) is 1.08. The molecular weight excluding hydrogens is 378 g/mol. The van der Waals surface area contributed by atoms with Crippen LogP contribution >= 0.6 is 11.3 Å². The first-order chi connectivity index (χ1) is 13.5. The van der Waals surface area contributed by atoms with Gasteiger partial charge >= 0.3 is 0 Å². The lowest BCUT2D eigenvalue weighted by molar-refractivity contribution is -0.139. The van der Waals surface area contributed by atoms with Gasteiger partial charge in [0.15, 0.2) is 23.6 Å². The smallest absolute Gasteiger partial charge is 0.276 e. The van der Waals surface area contributed by atoms with E-state index in [-0.39, 0.29) is 17.7 Å². The molecule has 1 fully saturated rings. The summed E-state index contributed by atoms with van der Waals surface area (Å²) in [6.07, 6.45) is 2.81. The van der Waals surface area contributed by atoms with E-state index in [1.807, 2.05) is 49.6 Å². The Morgan fingerprint density at radius 1 is 1.29 bits per heavy atom. The minimum atomic E-state index is -0.649. The van der Waals surface area contributed by atoms with E-state index in [1.54, 1.807) is 11.1 Å². The molecule has 28 heavy (non-hydrogen) atoms. The molecule has 0 bridgehead atoms. The van der Waals surface area contributed by atoms with Gasteiger partial charge in [-0.05, 0) is 13.8 Å². The van der Waals surface area contributed by atoms with Crippen LogP contribution in [0.2, 0.25) is 0 Å². The van der Waals surface area contributed by atoms with Gasteiger partial charge in [-0.1, -0.05) is 30.3 Å². The third kappa shape index (κ3) is 4.14. The number of oxazole rings is 1. The van der Waals surface area contributed by atoms with E-state index in [4.69, 9.17) is 13.9 Å². The van der Waals surface area contributed by atoms with Gasteiger partial charge in [-0.3, -0.25) is 4.79 Å². The lowest BCUT2D eigenvalue weighted by Crippen LogP contribution is -2.39. The standard InChI is InChI=1S/C20H21N3O4S/c1-20(2)26-12-15(27-20)10-23(11-16-21-8-9-28-16)19(24)17-18(25-13-22-17)14-6-4-3-5-7-14/h3-9,13,15H,10-12H2,1-2H3/t15-/m1/s1. The van der Waals surface area contributed by atoms with Gasteiger partial charge in [0.2, 0.25) is 0 Å². The molecule has 1 atom stereocenters. The summed E-state index contributed by atoms with van der Waals surface area (Å²) in [5.74, 6) is -0.418. The molecule has 1 amide bonds. The SMILES string of the molecule is CC1(C)OC[C@@H](CN(Cc2nccs2)C(=O)c2ncoc2-c2ccccc2)O1. The summed E-state index contributed by atoms with van der Waals surface area (Å²) in [6, 6.07) is 9.48. The fraction of sp³-hybridized carbons (Fsp3) is 0.350. The normalized spacial score (nSPS) is 18.3.